The van der Waals surface area contributed by atoms with Gasteiger partial charge >= 0.3 is 0 Å². The van der Waals surface area contributed by atoms with E-state index in [1.54, 1.807) is 0 Å². The molecule has 1 atom stereocenters. The highest BCUT2D eigenvalue weighted by molar-refractivity contribution is 6.83. The van der Waals surface area contributed by atoms with E-state index in [2.05, 4.69) is 68.2 Å². The molecule has 3 rings (SSSR count). The minimum atomic E-state index is -1.64. The summed E-state index contributed by atoms with van der Waals surface area (Å²) >= 11 is 0. The lowest BCUT2D eigenvalue weighted by Gasteiger charge is -2.32. The lowest BCUT2D eigenvalue weighted by molar-refractivity contribution is -0.108. The first kappa shape index (κ1) is 14.3. The fraction of sp³-hybridized carbons (Fsp3) is 0.316. The zero-order valence-electron chi connectivity index (χ0n) is 13.0. The molecule has 2 aromatic rings. The second-order valence-corrected chi connectivity index (χ2v) is 12.5. The van der Waals surface area contributed by atoms with Gasteiger partial charge in [0.1, 0.15) is 6.29 Å². The smallest absolute Gasteiger partial charge is 0.124 e. The Hall–Kier alpha value is -1.67. The summed E-state index contributed by atoms with van der Waals surface area (Å²) in [6.07, 6.45) is 2.21. The van der Waals surface area contributed by atoms with Crippen molar-refractivity contribution in [2.24, 2.45) is 0 Å². The van der Waals surface area contributed by atoms with Crippen LogP contribution in [0, 0.1) is 0 Å². The Morgan fingerprint density at radius 1 is 0.857 bits per heavy atom. The summed E-state index contributed by atoms with van der Waals surface area (Å²) in [5.74, 6) is 0. The summed E-state index contributed by atoms with van der Waals surface area (Å²) in [6, 6.07) is 21.1. The minimum Gasteiger partial charge on any atom is -0.303 e. The molecule has 0 bridgehead atoms. The first-order valence-electron chi connectivity index (χ1n) is 7.55. The van der Waals surface area contributed by atoms with Crippen molar-refractivity contribution in [3.05, 3.63) is 71.8 Å². The van der Waals surface area contributed by atoms with Gasteiger partial charge < -0.3 is 4.79 Å². The molecular weight excluding hydrogens is 272 g/mol. The van der Waals surface area contributed by atoms with E-state index >= 15 is 0 Å². The molecule has 1 fully saturated rings. The van der Waals surface area contributed by atoms with Crippen LogP contribution in [0.3, 0.4) is 0 Å². The Labute approximate surface area is 128 Å². The average Bonchev–Trinajstić information content (AvgIpc) is 3.21. The van der Waals surface area contributed by atoms with Crippen LogP contribution in [-0.2, 0) is 10.2 Å². The fourth-order valence-corrected chi connectivity index (χ4v) is 6.65. The van der Waals surface area contributed by atoms with Gasteiger partial charge in [-0.2, -0.15) is 0 Å². The van der Waals surface area contributed by atoms with E-state index in [4.69, 9.17) is 0 Å². The van der Waals surface area contributed by atoms with Crippen LogP contribution in [0.1, 0.15) is 17.5 Å². The minimum absolute atomic E-state index is 0.123. The van der Waals surface area contributed by atoms with E-state index in [9.17, 15) is 4.79 Å². The van der Waals surface area contributed by atoms with Gasteiger partial charge in [0.05, 0.1) is 8.07 Å². The van der Waals surface area contributed by atoms with E-state index in [0.717, 1.165) is 6.42 Å². The second kappa shape index (κ2) is 4.67. The predicted molar refractivity (Wildman–Crippen MR) is 90.4 cm³/mol. The first-order valence-corrected chi connectivity index (χ1v) is 11.1. The molecular formula is C19H22OSi. The molecule has 1 nitrogen and oxygen atoms in total. The number of carbonyl (C=O) groups excluding carboxylic acids is 1. The predicted octanol–water partition coefficient (Wildman–Crippen LogP) is 4.65. The highest BCUT2D eigenvalue weighted by Crippen LogP contribution is 2.76. The standard InChI is InChI=1S/C19H22OSi/c1-21(2,3)18(15-20)14-19(18,16-10-6-4-7-11-16)17-12-8-5-9-13-17/h4-13,15H,14H2,1-3H3/t18-/m1/s1. The van der Waals surface area contributed by atoms with E-state index < -0.39 is 8.07 Å². The first-order chi connectivity index (χ1) is 9.98. The maximum absolute atomic E-state index is 12.1. The number of carbonyl (C=O) groups is 1. The van der Waals surface area contributed by atoms with Crippen molar-refractivity contribution in [3.8, 4) is 0 Å². The molecule has 0 spiro atoms. The van der Waals surface area contributed by atoms with Gasteiger partial charge in [-0.3, -0.25) is 0 Å². The molecule has 0 saturated heterocycles. The third-order valence-corrected chi connectivity index (χ3v) is 8.65. The van der Waals surface area contributed by atoms with Crippen LogP contribution < -0.4 is 0 Å². The van der Waals surface area contributed by atoms with Gasteiger partial charge in [-0.15, -0.1) is 0 Å². The molecule has 108 valence electrons. The number of benzene rings is 2. The Morgan fingerprint density at radius 3 is 1.57 bits per heavy atom. The normalized spacial score (nSPS) is 23.6. The van der Waals surface area contributed by atoms with Gasteiger partial charge in [-0.05, 0) is 17.5 Å². The third-order valence-electron chi connectivity index (χ3n) is 5.25. The second-order valence-electron chi connectivity index (χ2n) is 7.15. The number of hydrogen-bond acceptors (Lipinski definition) is 1. The molecule has 0 aliphatic heterocycles. The van der Waals surface area contributed by atoms with Crippen molar-refractivity contribution in [3.63, 3.8) is 0 Å². The summed E-state index contributed by atoms with van der Waals surface area (Å²) in [6.45, 7) is 6.94. The van der Waals surface area contributed by atoms with Gasteiger partial charge in [-0.25, -0.2) is 0 Å². The molecule has 2 aromatic carbocycles. The van der Waals surface area contributed by atoms with Crippen LogP contribution in [0.2, 0.25) is 24.7 Å². The van der Waals surface area contributed by atoms with Crippen molar-refractivity contribution in [2.45, 2.75) is 36.5 Å². The van der Waals surface area contributed by atoms with Gasteiger partial charge in [0.2, 0.25) is 0 Å². The van der Waals surface area contributed by atoms with Crippen molar-refractivity contribution in [2.75, 3.05) is 0 Å². The van der Waals surface area contributed by atoms with E-state index in [0.29, 0.717) is 0 Å². The molecule has 0 radical (unpaired) electrons. The molecule has 0 heterocycles. The lowest BCUT2D eigenvalue weighted by Crippen LogP contribution is -2.37. The van der Waals surface area contributed by atoms with E-state index in [-0.39, 0.29) is 10.5 Å². The summed E-state index contributed by atoms with van der Waals surface area (Å²) in [5, 5.41) is -0.192. The van der Waals surface area contributed by atoms with Crippen molar-refractivity contribution >= 4 is 14.4 Å². The monoisotopic (exact) mass is 294 g/mol. The van der Waals surface area contributed by atoms with Crippen LogP contribution in [0.5, 0.6) is 0 Å². The molecule has 1 saturated carbocycles. The highest BCUT2D eigenvalue weighted by atomic mass is 28.3. The van der Waals surface area contributed by atoms with Gasteiger partial charge in [0.15, 0.2) is 0 Å². The molecule has 0 amide bonds. The van der Waals surface area contributed by atoms with E-state index in [1.165, 1.54) is 17.4 Å². The van der Waals surface area contributed by atoms with Crippen LogP contribution in [0.4, 0.5) is 0 Å². The average molecular weight is 294 g/mol. The zero-order valence-corrected chi connectivity index (χ0v) is 14.0. The molecule has 1 aliphatic carbocycles. The number of aldehydes is 1. The molecule has 2 heteroatoms. The molecule has 21 heavy (non-hydrogen) atoms. The SMILES string of the molecule is C[Si](C)(C)[C@@]1(C=O)CC1(c1ccccc1)c1ccccc1. The largest absolute Gasteiger partial charge is 0.303 e. The maximum atomic E-state index is 12.1. The summed E-state index contributed by atoms with van der Waals surface area (Å²) in [5.41, 5.74) is 2.44. The Kier molecular flexibility index (Phi) is 3.17. The number of rotatable bonds is 4. The van der Waals surface area contributed by atoms with Crippen molar-refractivity contribution in [1.29, 1.82) is 0 Å². The molecule has 1 aliphatic rings. The van der Waals surface area contributed by atoms with E-state index in [1.807, 2.05) is 12.1 Å². The molecule has 0 unspecified atom stereocenters. The summed E-state index contributed by atoms with van der Waals surface area (Å²) in [4.78, 5) is 12.1. The number of hydrogen-bond donors (Lipinski definition) is 0. The van der Waals surface area contributed by atoms with Gasteiger partial charge in [-0.1, -0.05) is 80.3 Å². The van der Waals surface area contributed by atoms with Crippen LogP contribution in [0.15, 0.2) is 60.7 Å². The van der Waals surface area contributed by atoms with Crippen LogP contribution >= 0.6 is 0 Å². The Balaban J connectivity index is 2.23. The topological polar surface area (TPSA) is 17.1 Å². The molecule has 0 aromatic heterocycles. The summed E-state index contributed by atoms with van der Waals surface area (Å²) < 4.78 is 0. The highest BCUT2D eigenvalue weighted by Gasteiger charge is 2.73. The van der Waals surface area contributed by atoms with Crippen molar-refractivity contribution < 1.29 is 4.79 Å². The fourth-order valence-electron chi connectivity index (χ4n) is 3.93. The molecule has 0 N–H and O–H groups in total. The zero-order chi connectivity index (χ0) is 15.1. The van der Waals surface area contributed by atoms with Gasteiger partial charge in [0.25, 0.3) is 0 Å². The summed E-state index contributed by atoms with van der Waals surface area (Å²) in [7, 11) is -1.64. The third kappa shape index (κ3) is 1.85. The van der Waals surface area contributed by atoms with Crippen LogP contribution in [0.25, 0.3) is 0 Å². The Morgan fingerprint density at radius 2 is 1.29 bits per heavy atom. The Bertz CT molecular complexity index is 603. The maximum Gasteiger partial charge on any atom is 0.124 e. The lowest BCUT2D eigenvalue weighted by atomic mass is 9.85. The van der Waals surface area contributed by atoms with Gasteiger partial charge in [0, 0.05) is 10.5 Å². The quantitative estimate of drug-likeness (QED) is 0.592. The van der Waals surface area contributed by atoms with Crippen LogP contribution in [-0.4, -0.2) is 14.4 Å². The van der Waals surface area contributed by atoms with Crippen molar-refractivity contribution in [1.82, 2.24) is 0 Å².